The summed E-state index contributed by atoms with van der Waals surface area (Å²) in [5.74, 6) is 0.875. The van der Waals surface area contributed by atoms with Gasteiger partial charge in [0, 0.05) is 25.4 Å². The largest absolute Gasteiger partial charge is 0.489 e. The van der Waals surface area contributed by atoms with Crippen LogP contribution in [0, 0.1) is 0 Å². The molecule has 4 heteroatoms. The van der Waals surface area contributed by atoms with Gasteiger partial charge in [-0.3, -0.25) is 4.68 Å². The average Bonchev–Trinajstić information content (AvgIpc) is 3.01. The van der Waals surface area contributed by atoms with E-state index in [4.69, 9.17) is 4.74 Å². The number of benzene rings is 2. The lowest BCUT2D eigenvalue weighted by atomic mass is 10.1. The second-order valence-corrected chi connectivity index (χ2v) is 5.57. The van der Waals surface area contributed by atoms with Gasteiger partial charge in [-0.05, 0) is 41.9 Å². The lowest BCUT2D eigenvalue weighted by Crippen LogP contribution is -2.05. The molecule has 0 saturated carbocycles. The number of nitrogens with one attached hydrogen (secondary N) is 1. The van der Waals surface area contributed by atoms with Crippen LogP contribution in [0.1, 0.15) is 11.1 Å². The molecule has 0 spiro atoms. The lowest BCUT2D eigenvalue weighted by Gasteiger charge is -2.11. The van der Waals surface area contributed by atoms with Crippen molar-refractivity contribution in [3.05, 3.63) is 72.1 Å². The minimum Gasteiger partial charge on any atom is -0.489 e. The number of hydrogen-bond acceptors (Lipinski definition) is 3. The molecule has 118 valence electrons. The van der Waals surface area contributed by atoms with E-state index >= 15 is 0 Å². The van der Waals surface area contributed by atoms with Gasteiger partial charge in [0.25, 0.3) is 0 Å². The number of aryl methyl sites for hydroxylation is 1. The molecule has 4 nitrogen and oxygen atoms in total. The summed E-state index contributed by atoms with van der Waals surface area (Å²) in [5.41, 5.74) is 4.57. The van der Waals surface area contributed by atoms with Gasteiger partial charge in [0.1, 0.15) is 12.4 Å². The van der Waals surface area contributed by atoms with Crippen LogP contribution in [0.3, 0.4) is 0 Å². The fourth-order valence-electron chi connectivity index (χ4n) is 2.53. The van der Waals surface area contributed by atoms with Crippen molar-refractivity contribution in [3.8, 4) is 16.9 Å². The third kappa shape index (κ3) is 3.99. The van der Waals surface area contributed by atoms with E-state index in [9.17, 15) is 0 Å². The highest BCUT2D eigenvalue weighted by atomic mass is 16.5. The van der Waals surface area contributed by atoms with E-state index in [0.29, 0.717) is 6.61 Å². The Kier molecular flexibility index (Phi) is 4.74. The molecule has 0 amide bonds. The Labute approximate surface area is 136 Å². The van der Waals surface area contributed by atoms with Gasteiger partial charge >= 0.3 is 0 Å². The molecule has 3 aromatic rings. The Morgan fingerprint density at radius 2 is 1.87 bits per heavy atom. The molecule has 0 aliphatic rings. The lowest BCUT2D eigenvalue weighted by molar-refractivity contribution is 0.306. The number of hydrogen-bond donors (Lipinski definition) is 1. The summed E-state index contributed by atoms with van der Waals surface area (Å²) < 4.78 is 7.80. The van der Waals surface area contributed by atoms with Crippen molar-refractivity contribution in [2.45, 2.75) is 13.2 Å². The van der Waals surface area contributed by atoms with Gasteiger partial charge in [0.2, 0.25) is 0 Å². The standard InChI is InChI=1S/C19H21N3O/c1-20-11-16-8-17(18-12-21-22(2)13-18)10-19(9-16)23-14-15-6-4-3-5-7-15/h3-10,12-13,20H,11,14H2,1-2H3. The summed E-state index contributed by atoms with van der Waals surface area (Å²) in [6.45, 7) is 1.37. The Morgan fingerprint density at radius 1 is 1.04 bits per heavy atom. The van der Waals surface area contributed by atoms with Gasteiger partial charge in [-0.25, -0.2) is 0 Å². The van der Waals surface area contributed by atoms with Crippen LogP contribution in [0.4, 0.5) is 0 Å². The number of ether oxygens (including phenoxy) is 1. The molecule has 0 aliphatic heterocycles. The van der Waals surface area contributed by atoms with Crippen LogP contribution in [-0.4, -0.2) is 16.8 Å². The average molecular weight is 307 g/mol. The van der Waals surface area contributed by atoms with Crippen molar-refractivity contribution < 1.29 is 4.74 Å². The summed E-state index contributed by atoms with van der Waals surface area (Å²) in [7, 11) is 3.87. The van der Waals surface area contributed by atoms with Crippen LogP contribution in [0.2, 0.25) is 0 Å². The Bertz CT molecular complexity index is 765. The predicted molar refractivity (Wildman–Crippen MR) is 92.2 cm³/mol. The number of rotatable bonds is 6. The zero-order valence-electron chi connectivity index (χ0n) is 13.5. The summed E-state index contributed by atoms with van der Waals surface area (Å²) in [6.07, 6.45) is 3.89. The molecule has 0 radical (unpaired) electrons. The fourth-order valence-corrected chi connectivity index (χ4v) is 2.53. The second kappa shape index (κ2) is 7.11. The summed E-state index contributed by atoms with van der Waals surface area (Å²) in [4.78, 5) is 0. The summed E-state index contributed by atoms with van der Waals surface area (Å²) in [6, 6.07) is 16.5. The summed E-state index contributed by atoms with van der Waals surface area (Å²) >= 11 is 0. The van der Waals surface area contributed by atoms with Gasteiger partial charge < -0.3 is 10.1 Å². The zero-order valence-corrected chi connectivity index (χ0v) is 13.5. The predicted octanol–water partition coefficient (Wildman–Crippen LogP) is 3.39. The molecule has 0 saturated heterocycles. The third-order valence-electron chi connectivity index (χ3n) is 3.63. The molecular formula is C19H21N3O. The highest BCUT2D eigenvalue weighted by Gasteiger charge is 2.06. The van der Waals surface area contributed by atoms with Gasteiger partial charge in [-0.1, -0.05) is 30.3 Å². The van der Waals surface area contributed by atoms with Gasteiger partial charge in [-0.2, -0.15) is 5.10 Å². The Hall–Kier alpha value is -2.59. The van der Waals surface area contributed by atoms with Gasteiger partial charge in [0.05, 0.1) is 6.20 Å². The van der Waals surface area contributed by atoms with E-state index in [0.717, 1.165) is 29.0 Å². The zero-order chi connectivity index (χ0) is 16.1. The van der Waals surface area contributed by atoms with Crippen LogP contribution < -0.4 is 10.1 Å². The first kappa shape index (κ1) is 15.3. The first-order valence-corrected chi connectivity index (χ1v) is 7.69. The molecule has 0 fully saturated rings. The Morgan fingerprint density at radius 3 is 2.57 bits per heavy atom. The molecule has 23 heavy (non-hydrogen) atoms. The van der Waals surface area contributed by atoms with Crippen molar-refractivity contribution >= 4 is 0 Å². The van der Waals surface area contributed by atoms with Crippen molar-refractivity contribution in [3.63, 3.8) is 0 Å². The van der Waals surface area contributed by atoms with E-state index in [-0.39, 0.29) is 0 Å². The van der Waals surface area contributed by atoms with Crippen molar-refractivity contribution in [2.75, 3.05) is 7.05 Å². The number of aromatic nitrogens is 2. The molecule has 1 aromatic heterocycles. The molecule has 1 N–H and O–H groups in total. The molecule has 0 bridgehead atoms. The minimum absolute atomic E-state index is 0.566. The first-order chi connectivity index (χ1) is 11.2. The molecule has 0 unspecified atom stereocenters. The van der Waals surface area contributed by atoms with Crippen LogP contribution >= 0.6 is 0 Å². The normalized spacial score (nSPS) is 10.7. The van der Waals surface area contributed by atoms with E-state index in [1.54, 1.807) is 0 Å². The maximum absolute atomic E-state index is 5.99. The smallest absolute Gasteiger partial charge is 0.120 e. The van der Waals surface area contributed by atoms with Crippen LogP contribution in [-0.2, 0) is 20.2 Å². The molecule has 3 rings (SSSR count). The number of nitrogens with zero attached hydrogens (tertiary/aromatic N) is 2. The van der Waals surface area contributed by atoms with E-state index in [1.165, 1.54) is 5.56 Å². The van der Waals surface area contributed by atoms with E-state index < -0.39 is 0 Å². The summed E-state index contributed by atoms with van der Waals surface area (Å²) in [5, 5.41) is 7.44. The first-order valence-electron chi connectivity index (χ1n) is 7.69. The SMILES string of the molecule is CNCc1cc(OCc2ccccc2)cc(-c2cnn(C)c2)c1. The Balaban J connectivity index is 1.85. The second-order valence-electron chi connectivity index (χ2n) is 5.57. The maximum atomic E-state index is 5.99. The quantitative estimate of drug-likeness (QED) is 0.759. The molecule has 0 aliphatic carbocycles. The van der Waals surface area contributed by atoms with Gasteiger partial charge in [-0.15, -0.1) is 0 Å². The highest BCUT2D eigenvalue weighted by molar-refractivity contribution is 5.64. The van der Waals surface area contributed by atoms with Crippen molar-refractivity contribution in [1.82, 2.24) is 15.1 Å². The topological polar surface area (TPSA) is 39.1 Å². The van der Waals surface area contributed by atoms with Crippen molar-refractivity contribution in [2.24, 2.45) is 7.05 Å². The van der Waals surface area contributed by atoms with Gasteiger partial charge in [0.15, 0.2) is 0 Å². The molecule has 2 aromatic carbocycles. The molecular weight excluding hydrogens is 286 g/mol. The third-order valence-corrected chi connectivity index (χ3v) is 3.63. The molecule has 1 heterocycles. The maximum Gasteiger partial charge on any atom is 0.120 e. The fraction of sp³-hybridized carbons (Fsp3) is 0.211. The van der Waals surface area contributed by atoms with Crippen LogP contribution in [0.5, 0.6) is 5.75 Å². The van der Waals surface area contributed by atoms with Crippen LogP contribution in [0.15, 0.2) is 60.9 Å². The minimum atomic E-state index is 0.566. The molecule has 0 atom stereocenters. The highest BCUT2D eigenvalue weighted by Crippen LogP contribution is 2.26. The monoisotopic (exact) mass is 307 g/mol. The van der Waals surface area contributed by atoms with E-state index in [2.05, 4.69) is 40.7 Å². The van der Waals surface area contributed by atoms with E-state index in [1.807, 2.05) is 49.4 Å². The van der Waals surface area contributed by atoms with Crippen LogP contribution in [0.25, 0.3) is 11.1 Å². The van der Waals surface area contributed by atoms with Crippen molar-refractivity contribution in [1.29, 1.82) is 0 Å².